The molecular weight excluding hydrogens is 262 g/mol. The highest BCUT2D eigenvalue weighted by atomic mass is 32.2. The van der Waals surface area contributed by atoms with Crippen molar-refractivity contribution in [2.24, 2.45) is 0 Å². The van der Waals surface area contributed by atoms with Gasteiger partial charge >= 0.3 is 0 Å². The molecule has 0 spiro atoms. The molecule has 6 heteroatoms. The lowest BCUT2D eigenvalue weighted by Gasteiger charge is -2.10. The molecule has 0 saturated carbocycles. The van der Waals surface area contributed by atoms with Crippen LogP contribution in [0.5, 0.6) is 0 Å². The molecule has 0 bridgehead atoms. The van der Waals surface area contributed by atoms with Gasteiger partial charge < -0.3 is 0 Å². The molecule has 1 heterocycles. The molecule has 1 aromatic heterocycles. The minimum atomic E-state index is -3.45. The Labute approximate surface area is 113 Å². The van der Waals surface area contributed by atoms with E-state index in [0.29, 0.717) is 18.0 Å². The van der Waals surface area contributed by atoms with Gasteiger partial charge in [0, 0.05) is 18.9 Å². The molecule has 1 aromatic carbocycles. The molecule has 0 aliphatic rings. The van der Waals surface area contributed by atoms with Gasteiger partial charge in [-0.3, -0.25) is 4.68 Å². The number of aryl methyl sites for hydroxylation is 2. The summed E-state index contributed by atoms with van der Waals surface area (Å²) in [5.74, 6) is 0. The third-order valence-corrected chi connectivity index (χ3v) is 4.43. The van der Waals surface area contributed by atoms with E-state index in [2.05, 4.69) is 9.82 Å². The SMILES string of the molecule is Cc1ccc(S(=O)(=O)NCCn2cccn2)c(C)c1. The normalized spacial score (nSPS) is 11.7. The van der Waals surface area contributed by atoms with Crippen molar-refractivity contribution in [2.45, 2.75) is 25.3 Å². The van der Waals surface area contributed by atoms with Crippen LogP contribution in [0.4, 0.5) is 0 Å². The Bertz CT molecular complexity index is 649. The Kier molecular flexibility index (Phi) is 4.01. The summed E-state index contributed by atoms with van der Waals surface area (Å²) in [5.41, 5.74) is 1.81. The molecule has 1 N–H and O–H groups in total. The number of nitrogens with zero attached hydrogens (tertiary/aromatic N) is 2. The Hall–Kier alpha value is -1.66. The second-order valence-corrected chi connectivity index (χ2v) is 6.17. The molecule has 0 unspecified atom stereocenters. The molecule has 0 atom stereocenters. The molecule has 2 rings (SSSR count). The van der Waals surface area contributed by atoms with Crippen LogP contribution in [-0.4, -0.2) is 24.7 Å². The average molecular weight is 279 g/mol. The molecular formula is C13H17N3O2S. The summed E-state index contributed by atoms with van der Waals surface area (Å²) in [7, 11) is -3.45. The fourth-order valence-electron chi connectivity index (χ4n) is 1.91. The number of hydrogen-bond donors (Lipinski definition) is 1. The van der Waals surface area contributed by atoms with Crippen molar-refractivity contribution in [3.63, 3.8) is 0 Å². The third-order valence-electron chi connectivity index (χ3n) is 2.81. The number of sulfonamides is 1. The van der Waals surface area contributed by atoms with Crippen LogP contribution >= 0.6 is 0 Å². The lowest BCUT2D eigenvalue weighted by molar-refractivity contribution is 0.560. The molecule has 2 aromatic rings. The fraction of sp³-hybridized carbons (Fsp3) is 0.308. The van der Waals surface area contributed by atoms with Crippen molar-refractivity contribution in [2.75, 3.05) is 6.54 Å². The molecule has 0 fully saturated rings. The topological polar surface area (TPSA) is 64.0 Å². The van der Waals surface area contributed by atoms with Crippen LogP contribution in [0.2, 0.25) is 0 Å². The summed E-state index contributed by atoms with van der Waals surface area (Å²) in [4.78, 5) is 0.332. The fourth-order valence-corrected chi connectivity index (χ4v) is 3.15. The number of aromatic nitrogens is 2. The first kappa shape index (κ1) is 13.8. The Morgan fingerprint density at radius 3 is 2.74 bits per heavy atom. The van der Waals surface area contributed by atoms with E-state index in [-0.39, 0.29) is 0 Å². The minimum absolute atomic E-state index is 0.317. The van der Waals surface area contributed by atoms with Crippen molar-refractivity contribution in [1.82, 2.24) is 14.5 Å². The molecule has 0 saturated heterocycles. The predicted octanol–water partition coefficient (Wildman–Crippen LogP) is 1.48. The zero-order chi connectivity index (χ0) is 13.9. The van der Waals surface area contributed by atoms with Gasteiger partial charge in [-0.25, -0.2) is 13.1 Å². The Balaban J connectivity index is 2.05. The molecule has 5 nitrogen and oxygen atoms in total. The standard InChI is InChI=1S/C13H17N3O2S/c1-11-4-5-13(12(2)10-11)19(17,18)15-7-9-16-8-3-6-14-16/h3-6,8,10,15H,7,9H2,1-2H3. The van der Waals surface area contributed by atoms with Gasteiger partial charge in [-0.05, 0) is 31.5 Å². The minimum Gasteiger partial charge on any atom is -0.271 e. The Morgan fingerprint density at radius 1 is 1.32 bits per heavy atom. The van der Waals surface area contributed by atoms with Gasteiger partial charge in [0.05, 0.1) is 11.4 Å². The van der Waals surface area contributed by atoms with Gasteiger partial charge in [-0.15, -0.1) is 0 Å². The molecule has 0 aliphatic heterocycles. The van der Waals surface area contributed by atoms with Crippen LogP contribution in [0.25, 0.3) is 0 Å². The summed E-state index contributed by atoms with van der Waals surface area (Å²) in [5, 5.41) is 4.02. The Morgan fingerprint density at radius 2 is 2.11 bits per heavy atom. The smallest absolute Gasteiger partial charge is 0.240 e. The van der Waals surface area contributed by atoms with Gasteiger partial charge in [0.25, 0.3) is 0 Å². The van der Waals surface area contributed by atoms with Crippen LogP contribution in [0.15, 0.2) is 41.6 Å². The van der Waals surface area contributed by atoms with E-state index in [9.17, 15) is 8.42 Å². The number of benzene rings is 1. The number of nitrogens with one attached hydrogen (secondary N) is 1. The summed E-state index contributed by atoms with van der Waals surface area (Å²) in [6.45, 7) is 4.57. The second-order valence-electron chi connectivity index (χ2n) is 4.44. The lowest BCUT2D eigenvalue weighted by atomic mass is 10.2. The van der Waals surface area contributed by atoms with Gasteiger partial charge in [-0.1, -0.05) is 17.7 Å². The molecule has 19 heavy (non-hydrogen) atoms. The lowest BCUT2D eigenvalue weighted by Crippen LogP contribution is -2.28. The average Bonchev–Trinajstić information content (AvgIpc) is 2.81. The first-order chi connectivity index (χ1) is 8.99. The van der Waals surface area contributed by atoms with Crippen LogP contribution in [-0.2, 0) is 16.6 Å². The number of rotatable bonds is 5. The van der Waals surface area contributed by atoms with Crippen molar-refractivity contribution in [1.29, 1.82) is 0 Å². The van der Waals surface area contributed by atoms with Gasteiger partial charge in [0.2, 0.25) is 10.0 Å². The van der Waals surface area contributed by atoms with E-state index >= 15 is 0 Å². The molecule has 102 valence electrons. The highest BCUT2D eigenvalue weighted by Gasteiger charge is 2.15. The highest BCUT2D eigenvalue weighted by molar-refractivity contribution is 7.89. The van der Waals surface area contributed by atoms with E-state index in [4.69, 9.17) is 0 Å². The van der Waals surface area contributed by atoms with Crippen LogP contribution in [0.1, 0.15) is 11.1 Å². The van der Waals surface area contributed by atoms with Crippen LogP contribution < -0.4 is 4.72 Å². The van der Waals surface area contributed by atoms with Crippen molar-refractivity contribution < 1.29 is 8.42 Å². The van der Waals surface area contributed by atoms with Crippen LogP contribution in [0.3, 0.4) is 0 Å². The van der Waals surface area contributed by atoms with E-state index in [1.54, 1.807) is 42.2 Å². The summed E-state index contributed by atoms with van der Waals surface area (Å²) in [6.07, 6.45) is 3.46. The van der Waals surface area contributed by atoms with Gasteiger partial charge in [0.1, 0.15) is 0 Å². The van der Waals surface area contributed by atoms with Crippen LogP contribution in [0, 0.1) is 13.8 Å². The zero-order valence-corrected chi connectivity index (χ0v) is 11.8. The summed E-state index contributed by atoms with van der Waals surface area (Å²) < 4.78 is 28.6. The molecule has 0 aliphatic carbocycles. The highest BCUT2D eigenvalue weighted by Crippen LogP contribution is 2.15. The molecule has 0 amide bonds. The van der Waals surface area contributed by atoms with Crippen molar-refractivity contribution in [3.8, 4) is 0 Å². The quantitative estimate of drug-likeness (QED) is 0.901. The largest absolute Gasteiger partial charge is 0.271 e. The van der Waals surface area contributed by atoms with Crippen molar-refractivity contribution in [3.05, 3.63) is 47.8 Å². The van der Waals surface area contributed by atoms with Gasteiger partial charge in [0.15, 0.2) is 0 Å². The predicted molar refractivity (Wildman–Crippen MR) is 73.3 cm³/mol. The van der Waals surface area contributed by atoms with Crippen molar-refractivity contribution >= 4 is 10.0 Å². The summed E-state index contributed by atoms with van der Waals surface area (Å²) >= 11 is 0. The van der Waals surface area contributed by atoms with Gasteiger partial charge in [-0.2, -0.15) is 5.10 Å². The number of hydrogen-bond acceptors (Lipinski definition) is 3. The zero-order valence-electron chi connectivity index (χ0n) is 11.0. The van der Waals surface area contributed by atoms with E-state index < -0.39 is 10.0 Å². The third kappa shape index (κ3) is 3.42. The first-order valence-corrected chi connectivity index (χ1v) is 7.52. The van der Waals surface area contributed by atoms with E-state index in [1.807, 2.05) is 13.0 Å². The van der Waals surface area contributed by atoms with E-state index in [1.165, 1.54) is 0 Å². The molecule has 0 radical (unpaired) electrons. The first-order valence-electron chi connectivity index (χ1n) is 6.03. The van der Waals surface area contributed by atoms with E-state index in [0.717, 1.165) is 11.1 Å². The summed E-state index contributed by atoms with van der Waals surface area (Å²) in [6, 6.07) is 7.11. The maximum atomic E-state index is 12.2. The maximum absolute atomic E-state index is 12.2. The second kappa shape index (κ2) is 5.54. The maximum Gasteiger partial charge on any atom is 0.240 e. The monoisotopic (exact) mass is 279 g/mol.